The number of fused-ring (bicyclic) bond motifs is 1. The van der Waals surface area contributed by atoms with Gasteiger partial charge in [0.15, 0.2) is 11.5 Å². The summed E-state index contributed by atoms with van der Waals surface area (Å²) in [5, 5.41) is 5.70. The van der Waals surface area contributed by atoms with Gasteiger partial charge in [0.2, 0.25) is 6.79 Å². The molecule has 0 atom stereocenters. The zero-order valence-electron chi connectivity index (χ0n) is 13.1. The van der Waals surface area contributed by atoms with Gasteiger partial charge in [-0.05, 0) is 36.6 Å². The van der Waals surface area contributed by atoms with Gasteiger partial charge in [0.1, 0.15) is 0 Å². The third-order valence-electron chi connectivity index (χ3n) is 3.71. The second kappa shape index (κ2) is 7.05. The Labute approximate surface area is 135 Å². The summed E-state index contributed by atoms with van der Waals surface area (Å²) in [5.74, 6) is 1.47. The summed E-state index contributed by atoms with van der Waals surface area (Å²) in [6.07, 6.45) is 0.817. The molecule has 1 aliphatic heterocycles. The van der Waals surface area contributed by atoms with Crippen LogP contribution < -0.4 is 20.1 Å². The Kier molecular flexibility index (Phi) is 4.66. The number of ether oxygens (including phenoxy) is 2. The van der Waals surface area contributed by atoms with E-state index in [4.69, 9.17) is 9.47 Å². The molecule has 0 fully saturated rings. The van der Waals surface area contributed by atoms with Crippen LogP contribution in [0.3, 0.4) is 0 Å². The van der Waals surface area contributed by atoms with Crippen molar-refractivity contribution in [1.29, 1.82) is 0 Å². The van der Waals surface area contributed by atoms with E-state index in [1.54, 1.807) is 0 Å². The lowest BCUT2D eigenvalue weighted by Gasteiger charge is -2.08. The summed E-state index contributed by atoms with van der Waals surface area (Å²) < 4.78 is 10.6. The fourth-order valence-corrected chi connectivity index (χ4v) is 2.37. The number of aryl methyl sites for hydroxylation is 1. The van der Waals surface area contributed by atoms with Crippen molar-refractivity contribution < 1.29 is 14.3 Å². The zero-order valence-corrected chi connectivity index (χ0v) is 13.1. The molecule has 0 aromatic heterocycles. The van der Waals surface area contributed by atoms with Crippen molar-refractivity contribution in [2.24, 2.45) is 0 Å². The van der Waals surface area contributed by atoms with Crippen LogP contribution in [0, 0.1) is 6.92 Å². The second-order valence-electron chi connectivity index (χ2n) is 5.53. The van der Waals surface area contributed by atoms with Crippen LogP contribution in [0.15, 0.2) is 42.5 Å². The Morgan fingerprint density at radius 2 is 1.74 bits per heavy atom. The van der Waals surface area contributed by atoms with E-state index in [0.29, 0.717) is 13.1 Å². The Morgan fingerprint density at radius 1 is 1.00 bits per heavy atom. The molecule has 0 unspecified atom stereocenters. The van der Waals surface area contributed by atoms with Gasteiger partial charge >= 0.3 is 6.03 Å². The quantitative estimate of drug-likeness (QED) is 0.892. The molecular formula is C18H20N2O3. The Hall–Kier alpha value is -2.69. The molecular weight excluding hydrogens is 292 g/mol. The molecule has 0 aliphatic carbocycles. The highest BCUT2D eigenvalue weighted by Crippen LogP contribution is 2.32. The number of urea groups is 1. The van der Waals surface area contributed by atoms with Gasteiger partial charge in [-0.25, -0.2) is 4.79 Å². The number of benzene rings is 2. The standard InChI is InChI=1S/C18H20N2O3/c1-13-2-4-14(5-3-13)8-9-19-18(21)20-11-15-6-7-16-17(10-15)23-12-22-16/h2-7,10H,8-9,11-12H2,1H3,(H2,19,20,21). The molecule has 1 aliphatic rings. The van der Waals surface area contributed by atoms with Gasteiger partial charge in [-0.15, -0.1) is 0 Å². The fourth-order valence-electron chi connectivity index (χ4n) is 2.37. The van der Waals surface area contributed by atoms with Gasteiger partial charge < -0.3 is 20.1 Å². The Morgan fingerprint density at radius 3 is 2.57 bits per heavy atom. The van der Waals surface area contributed by atoms with Crippen molar-refractivity contribution >= 4 is 6.03 Å². The summed E-state index contributed by atoms with van der Waals surface area (Å²) in [6.45, 7) is 3.38. The fraction of sp³-hybridized carbons (Fsp3) is 0.278. The van der Waals surface area contributed by atoms with Crippen LogP contribution in [0.5, 0.6) is 11.5 Å². The zero-order chi connectivity index (χ0) is 16.1. The molecule has 2 amide bonds. The predicted octanol–water partition coefficient (Wildman–Crippen LogP) is 2.77. The third kappa shape index (κ3) is 4.16. The second-order valence-corrected chi connectivity index (χ2v) is 5.53. The van der Waals surface area contributed by atoms with Crippen LogP contribution >= 0.6 is 0 Å². The molecule has 0 bridgehead atoms. The van der Waals surface area contributed by atoms with E-state index in [2.05, 4.69) is 41.8 Å². The van der Waals surface area contributed by atoms with E-state index in [9.17, 15) is 4.79 Å². The normalized spacial score (nSPS) is 12.0. The van der Waals surface area contributed by atoms with E-state index in [1.807, 2.05) is 18.2 Å². The van der Waals surface area contributed by atoms with Crippen molar-refractivity contribution in [1.82, 2.24) is 10.6 Å². The molecule has 2 aromatic carbocycles. The number of rotatable bonds is 5. The molecule has 0 spiro atoms. The van der Waals surface area contributed by atoms with E-state index >= 15 is 0 Å². The van der Waals surface area contributed by atoms with Crippen LogP contribution in [0.1, 0.15) is 16.7 Å². The highest BCUT2D eigenvalue weighted by atomic mass is 16.7. The van der Waals surface area contributed by atoms with Crippen molar-refractivity contribution in [2.75, 3.05) is 13.3 Å². The Bertz CT molecular complexity index is 683. The SMILES string of the molecule is Cc1ccc(CCNC(=O)NCc2ccc3c(c2)OCO3)cc1. The first-order valence-corrected chi connectivity index (χ1v) is 7.66. The average molecular weight is 312 g/mol. The predicted molar refractivity (Wildman–Crippen MR) is 87.7 cm³/mol. The molecule has 5 nitrogen and oxygen atoms in total. The van der Waals surface area contributed by atoms with Crippen molar-refractivity contribution in [3.8, 4) is 11.5 Å². The smallest absolute Gasteiger partial charge is 0.315 e. The molecule has 23 heavy (non-hydrogen) atoms. The molecule has 120 valence electrons. The van der Waals surface area contributed by atoms with E-state index in [0.717, 1.165) is 23.5 Å². The summed E-state index contributed by atoms with van der Waals surface area (Å²) in [4.78, 5) is 11.8. The minimum atomic E-state index is -0.172. The lowest BCUT2D eigenvalue weighted by molar-refractivity contribution is 0.174. The van der Waals surface area contributed by atoms with Crippen molar-refractivity contribution in [2.45, 2.75) is 19.9 Å². The van der Waals surface area contributed by atoms with E-state index in [-0.39, 0.29) is 12.8 Å². The molecule has 2 N–H and O–H groups in total. The lowest BCUT2D eigenvalue weighted by atomic mass is 10.1. The maximum Gasteiger partial charge on any atom is 0.315 e. The van der Waals surface area contributed by atoms with E-state index in [1.165, 1.54) is 11.1 Å². The van der Waals surface area contributed by atoms with Crippen LogP contribution in [0.25, 0.3) is 0 Å². The molecule has 0 radical (unpaired) electrons. The van der Waals surface area contributed by atoms with Gasteiger partial charge in [-0.1, -0.05) is 35.9 Å². The van der Waals surface area contributed by atoms with Gasteiger partial charge in [-0.2, -0.15) is 0 Å². The number of amides is 2. The highest BCUT2D eigenvalue weighted by Gasteiger charge is 2.13. The van der Waals surface area contributed by atoms with Crippen molar-refractivity contribution in [3.05, 3.63) is 59.2 Å². The highest BCUT2D eigenvalue weighted by molar-refractivity contribution is 5.73. The van der Waals surface area contributed by atoms with Crippen LogP contribution in [-0.2, 0) is 13.0 Å². The number of hydrogen-bond donors (Lipinski definition) is 2. The monoisotopic (exact) mass is 312 g/mol. The lowest BCUT2D eigenvalue weighted by Crippen LogP contribution is -2.36. The van der Waals surface area contributed by atoms with E-state index < -0.39 is 0 Å². The van der Waals surface area contributed by atoms with Gasteiger partial charge in [0.25, 0.3) is 0 Å². The molecule has 0 saturated heterocycles. The number of hydrogen-bond acceptors (Lipinski definition) is 3. The average Bonchev–Trinajstić information content (AvgIpc) is 3.02. The first-order chi connectivity index (χ1) is 11.2. The summed E-state index contributed by atoms with van der Waals surface area (Å²) >= 11 is 0. The minimum absolute atomic E-state index is 0.172. The number of carbonyl (C=O) groups is 1. The van der Waals surface area contributed by atoms with Crippen LogP contribution in [0.4, 0.5) is 4.79 Å². The summed E-state index contributed by atoms with van der Waals surface area (Å²) in [7, 11) is 0. The molecule has 2 aromatic rings. The van der Waals surface area contributed by atoms with Crippen molar-refractivity contribution in [3.63, 3.8) is 0 Å². The van der Waals surface area contributed by atoms with Crippen LogP contribution in [-0.4, -0.2) is 19.4 Å². The molecule has 0 saturated carbocycles. The third-order valence-corrected chi connectivity index (χ3v) is 3.71. The summed E-state index contributed by atoms with van der Waals surface area (Å²) in [5.41, 5.74) is 3.43. The first-order valence-electron chi connectivity index (χ1n) is 7.66. The largest absolute Gasteiger partial charge is 0.454 e. The number of carbonyl (C=O) groups excluding carboxylic acids is 1. The molecule has 3 rings (SSSR count). The molecule has 5 heteroatoms. The van der Waals surface area contributed by atoms with Gasteiger partial charge in [-0.3, -0.25) is 0 Å². The Balaban J connectivity index is 1.40. The summed E-state index contributed by atoms with van der Waals surface area (Å²) in [6, 6.07) is 13.8. The number of nitrogens with one attached hydrogen (secondary N) is 2. The maximum atomic E-state index is 11.8. The van der Waals surface area contributed by atoms with Crippen LogP contribution in [0.2, 0.25) is 0 Å². The maximum absolute atomic E-state index is 11.8. The minimum Gasteiger partial charge on any atom is -0.454 e. The molecule has 1 heterocycles. The van der Waals surface area contributed by atoms with Gasteiger partial charge in [0, 0.05) is 13.1 Å². The van der Waals surface area contributed by atoms with Gasteiger partial charge in [0.05, 0.1) is 0 Å². The topological polar surface area (TPSA) is 59.6 Å². The first kappa shape index (κ1) is 15.2.